The molecule has 0 unspecified atom stereocenters. The lowest BCUT2D eigenvalue weighted by molar-refractivity contribution is -0.145. The summed E-state index contributed by atoms with van der Waals surface area (Å²) >= 11 is 0. The molecule has 0 bridgehead atoms. The maximum absolute atomic E-state index is 12.7. The van der Waals surface area contributed by atoms with Crippen LogP contribution in [0.5, 0.6) is 0 Å². The summed E-state index contributed by atoms with van der Waals surface area (Å²) in [6, 6.07) is -3.66. The Kier molecular flexibility index (Phi) is 49.4. The fourth-order valence-corrected chi connectivity index (χ4v) is 9.15. The minimum absolute atomic E-state index is 0.0167. The number of carbonyl (C=O) groups is 12. The van der Waals surface area contributed by atoms with Gasteiger partial charge >= 0.3 is 23.9 Å². The number of Topliss-reactive ketones (excluding diaryl/α,β-unsaturated/α-hetero) is 3. The first kappa shape index (κ1) is 81.0. The van der Waals surface area contributed by atoms with Gasteiger partial charge in [0.1, 0.15) is 42.9 Å². The van der Waals surface area contributed by atoms with Crippen LogP contribution in [-0.4, -0.2) is 193 Å². The van der Waals surface area contributed by atoms with Crippen molar-refractivity contribution in [1.82, 2.24) is 26.6 Å². The van der Waals surface area contributed by atoms with Crippen molar-refractivity contribution in [1.29, 1.82) is 0 Å². The third-order valence-corrected chi connectivity index (χ3v) is 14.3. The predicted octanol–water partition coefficient (Wildman–Crippen LogP) is 3.69. The van der Waals surface area contributed by atoms with Crippen molar-refractivity contribution in [3.63, 3.8) is 0 Å². The van der Waals surface area contributed by atoms with Crippen molar-refractivity contribution in [2.45, 2.75) is 224 Å². The lowest BCUT2D eigenvalue weighted by Gasteiger charge is -2.20. The molecule has 0 aromatic heterocycles. The Balaban J connectivity index is 4.06. The lowest BCUT2D eigenvalue weighted by atomic mass is 9.94. The number of carboxylic acid groups (broad SMARTS) is 4. The van der Waals surface area contributed by atoms with Gasteiger partial charge < -0.3 is 71.5 Å². The van der Waals surface area contributed by atoms with Gasteiger partial charge in [-0.05, 0) is 64.7 Å². The normalized spacial score (nSPS) is 13.3. The first-order valence-corrected chi connectivity index (χ1v) is 31.2. The molecule has 87 heavy (non-hydrogen) atoms. The van der Waals surface area contributed by atoms with Gasteiger partial charge in [-0.2, -0.15) is 0 Å². The second-order valence-corrected chi connectivity index (χ2v) is 21.9. The summed E-state index contributed by atoms with van der Waals surface area (Å²) < 4.78 is 21.4. The topological polar surface area (TPSA) is 429 Å². The van der Waals surface area contributed by atoms with E-state index in [0.29, 0.717) is 45.1 Å². The van der Waals surface area contributed by atoms with Crippen LogP contribution in [0.15, 0.2) is 0 Å². The number of unbranched alkanes of at least 4 members (excludes halogenated alkanes) is 14. The van der Waals surface area contributed by atoms with E-state index in [9.17, 15) is 78.0 Å². The highest BCUT2D eigenvalue weighted by molar-refractivity contribution is 5.88. The highest BCUT2D eigenvalue weighted by atomic mass is 16.5. The van der Waals surface area contributed by atoms with Crippen molar-refractivity contribution in [3.8, 4) is 0 Å². The van der Waals surface area contributed by atoms with Crippen molar-refractivity contribution in [2.24, 2.45) is 17.6 Å². The van der Waals surface area contributed by atoms with Gasteiger partial charge in [0.2, 0.25) is 29.5 Å². The molecule has 0 rings (SSSR count). The zero-order valence-electron chi connectivity index (χ0n) is 51.6. The third kappa shape index (κ3) is 47.7. The number of hydrogen-bond acceptors (Lipinski definition) is 18. The summed E-state index contributed by atoms with van der Waals surface area (Å²) in [6.45, 7) is 3.63. The molecule has 27 heteroatoms. The SMILES string of the molecule is CC[C@@H](CCCCNC(=O)CC[C@H](NC(=O)COCCOCCCC(=O)COCCOCCNC(=O)CC[C@H](CC(=O)CC[C@H](NC(=O)CCCCCCCCCCCCCCCCC(=O)O)C(=O)O)C(=O)O)C(=O)O)C(=O)CN[C@H](C(N)=O)[C@@H](C)O. The largest absolute Gasteiger partial charge is 0.481 e. The molecule has 27 nitrogen and oxygen atoms in total. The van der Waals surface area contributed by atoms with Crippen molar-refractivity contribution in [2.75, 3.05) is 72.5 Å². The predicted molar refractivity (Wildman–Crippen MR) is 318 cm³/mol. The molecule has 0 spiro atoms. The van der Waals surface area contributed by atoms with Crippen LogP contribution >= 0.6 is 0 Å². The third-order valence-electron chi connectivity index (χ3n) is 14.3. The number of ketones is 3. The van der Waals surface area contributed by atoms with Gasteiger partial charge in [0, 0.05) is 70.6 Å². The number of nitrogens with one attached hydrogen (secondary N) is 5. The summed E-state index contributed by atoms with van der Waals surface area (Å²) in [4.78, 5) is 144. The fraction of sp³-hybridized carbons (Fsp3) is 0.800. The number of aliphatic hydroxyl groups excluding tert-OH is 1. The Morgan fingerprint density at radius 2 is 0.931 bits per heavy atom. The van der Waals surface area contributed by atoms with E-state index in [0.717, 1.165) is 57.8 Å². The summed E-state index contributed by atoms with van der Waals surface area (Å²) in [6.07, 6.45) is 15.1. The molecule has 0 aliphatic carbocycles. The van der Waals surface area contributed by atoms with Crippen LogP contribution in [0.3, 0.4) is 0 Å². The minimum Gasteiger partial charge on any atom is -0.481 e. The van der Waals surface area contributed by atoms with E-state index in [2.05, 4.69) is 26.6 Å². The van der Waals surface area contributed by atoms with Gasteiger partial charge in [0.25, 0.3) is 0 Å². The molecule has 0 aromatic carbocycles. The zero-order chi connectivity index (χ0) is 65.0. The van der Waals surface area contributed by atoms with Crippen LogP contribution in [0.2, 0.25) is 0 Å². The van der Waals surface area contributed by atoms with E-state index in [4.69, 9.17) is 29.8 Å². The van der Waals surface area contributed by atoms with E-state index < -0.39 is 102 Å². The maximum Gasteiger partial charge on any atom is 0.326 e. The molecule has 5 amide bonds. The molecule has 0 radical (unpaired) electrons. The van der Waals surface area contributed by atoms with E-state index in [-0.39, 0.29) is 135 Å². The molecular weight excluding hydrogens is 1140 g/mol. The Hall–Kier alpha value is -6.00. The molecule has 0 saturated carbocycles. The molecule has 0 fully saturated rings. The standard InChI is InChI=1S/C60H104N6O21/c1-3-44(50(70)40-64-56(43(2)67)57(61)77)21-18-19-31-62-52(72)30-28-49(60(82)83)66-54(74)42-87-38-35-84-33-20-22-47(69)41-86-37-36-85-34-32-63-51(71)29-25-45(58(78)79)39-46(68)26-27-48(59(80)81)65-53(73)23-16-14-12-10-8-6-4-5-7-9-11-13-15-17-24-55(75)76/h43-45,48-49,56,64,67H,3-42H2,1-2H3,(H2,61,77)(H,62,72)(H,63,71)(H,65,73)(H,66,74)(H,75,76)(H,78,79)(H,80,81)(H,82,83)/t43-,44+,45-,48+,49+,56+/m1/s1. The Labute approximate surface area is 512 Å². The number of hydrogen-bond donors (Lipinski definition) is 11. The van der Waals surface area contributed by atoms with E-state index in [1.165, 1.54) is 32.6 Å². The number of rotatable bonds is 62. The fourth-order valence-electron chi connectivity index (χ4n) is 9.15. The van der Waals surface area contributed by atoms with Crippen LogP contribution in [-0.2, 0) is 76.5 Å². The van der Waals surface area contributed by atoms with E-state index in [1.807, 2.05) is 6.92 Å². The van der Waals surface area contributed by atoms with Gasteiger partial charge in [0.15, 0.2) is 5.78 Å². The summed E-state index contributed by atoms with van der Waals surface area (Å²) in [7, 11) is 0. The van der Waals surface area contributed by atoms with E-state index >= 15 is 0 Å². The van der Waals surface area contributed by atoms with Gasteiger partial charge in [-0.3, -0.25) is 53.3 Å². The number of nitrogens with two attached hydrogens (primary N) is 1. The first-order valence-electron chi connectivity index (χ1n) is 31.2. The van der Waals surface area contributed by atoms with Crippen molar-refractivity contribution < 1.29 is 102 Å². The Morgan fingerprint density at radius 1 is 0.437 bits per heavy atom. The average Bonchev–Trinajstić information content (AvgIpc) is 3.60. The van der Waals surface area contributed by atoms with Crippen LogP contribution in [0.25, 0.3) is 0 Å². The molecule has 0 aliphatic rings. The summed E-state index contributed by atoms with van der Waals surface area (Å²) in [5.74, 6) is -9.62. The van der Waals surface area contributed by atoms with Crippen molar-refractivity contribution >= 4 is 70.8 Å². The van der Waals surface area contributed by atoms with Crippen LogP contribution in [0.4, 0.5) is 0 Å². The zero-order valence-corrected chi connectivity index (χ0v) is 51.6. The highest BCUT2D eigenvalue weighted by Crippen LogP contribution is 2.18. The number of carbonyl (C=O) groups excluding carboxylic acids is 8. The molecule has 0 saturated heterocycles. The molecule has 0 heterocycles. The number of aliphatic carboxylic acids is 4. The number of amides is 5. The molecule has 12 N–H and O–H groups in total. The lowest BCUT2D eigenvalue weighted by Crippen LogP contribution is -2.50. The van der Waals surface area contributed by atoms with E-state index in [1.54, 1.807) is 0 Å². The minimum atomic E-state index is -1.33. The monoisotopic (exact) mass is 1240 g/mol. The average molecular weight is 1250 g/mol. The van der Waals surface area contributed by atoms with Crippen LogP contribution in [0, 0.1) is 11.8 Å². The molecular formula is C60H104N6O21. The number of primary amides is 1. The highest BCUT2D eigenvalue weighted by Gasteiger charge is 2.27. The van der Waals surface area contributed by atoms with Crippen LogP contribution in [0.1, 0.15) is 200 Å². The summed E-state index contributed by atoms with van der Waals surface area (Å²) in [5.41, 5.74) is 5.25. The molecule has 0 aromatic rings. The molecule has 6 atom stereocenters. The maximum atomic E-state index is 12.7. The van der Waals surface area contributed by atoms with Gasteiger partial charge in [-0.15, -0.1) is 0 Å². The summed E-state index contributed by atoms with van der Waals surface area (Å²) in [5, 5.41) is 60.0. The number of carboxylic acids is 4. The molecule has 0 aliphatic heterocycles. The second kappa shape index (κ2) is 53.1. The number of ether oxygens (including phenoxy) is 4. The second-order valence-electron chi connectivity index (χ2n) is 21.9. The Morgan fingerprint density at radius 3 is 1.46 bits per heavy atom. The first-order chi connectivity index (χ1) is 41.6. The smallest absolute Gasteiger partial charge is 0.326 e. The molecule has 500 valence electrons. The van der Waals surface area contributed by atoms with Gasteiger partial charge in [-0.25, -0.2) is 9.59 Å². The number of aliphatic hydroxyl groups is 1. The quantitative estimate of drug-likeness (QED) is 0.0387. The van der Waals surface area contributed by atoms with Gasteiger partial charge in [0.05, 0.1) is 51.6 Å². The van der Waals surface area contributed by atoms with Gasteiger partial charge in [-0.1, -0.05) is 90.4 Å². The van der Waals surface area contributed by atoms with Crippen LogP contribution < -0.4 is 32.3 Å². The Bertz CT molecular complexity index is 2030. The van der Waals surface area contributed by atoms with Crippen molar-refractivity contribution in [3.05, 3.63) is 0 Å².